The van der Waals surface area contributed by atoms with Crippen LogP contribution in [0, 0.1) is 6.92 Å². The first kappa shape index (κ1) is 9.90. The van der Waals surface area contributed by atoms with Gasteiger partial charge in [0.05, 0.1) is 0 Å². The van der Waals surface area contributed by atoms with E-state index in [1.165, 1.54) is 0 Å². The van der Waals surface area contributed by atoms with Crippen LogP contribution in [0.15, 0.2) is 18.2 Å². The molecule has 1 N–H and O–H groups in total. The molecule has 2 heteroatoms. The molecule has 0 aliphatic carbocycles. The molecule has 0 spiro atoms. The average molecular weight is 180 g/mol. The lowest BCUT2D eigenvalue weighted by Crippen LogP contribution is -2.23. The van der Waals surface area contributed by atoms with Crippen molar-refractivity contribution in [2.24, 2.45) is 0 Å². The van der Waals surface area contributed by atoms with Crippen LogP contribution in [0.4, 0.5) is 0 Å². The summed E-state index contributed by atoms with van der Waals surface area (Å²) in [5, 5.41) is 9.47. The van der Waals surface area contributed by atoms with Crippen LogP contribution in [0.3, 0.4) is 0 Å². The monoisotopic (exact) mass is 180 g/mol. The molecule has 0 saturated carbocycles. The van der Waals surface area contributed by atoms with E-state index in [2.05, 4.69) is 0 Å². The lowest BCUT2D eigenvalue weighted by Gasteiger charge is -2.22. The third-order valence-electron chi connectivity index (χ3n) is 1.53. The number of phenols is 1. The zero-order valence-electron chi connectivity index (χ0n) is 8.59. The fourth-order valence-corrected chi connectivity index (χ4v) is 1.03. The smallest absolute Gasteiger partial charge is 0.161 e. The number of aryl methyl sites for hydroxylation is 1. The van der Waals surface area contributed by atoms with E-state index in [1.807, 2.05) is 39.8 Å². The van der Waals surface area contributed by atoms with Gasteiger partial charge in [-0.2, -0.15) is 0 Å². The molecule has 0 bridgehead atoms. The first-order chi connectivity index (χ1) is 5.88. The number of benzene rings is 1. The first-order valence-electron chi connectivity index (χ1n) is 4.37. The molecule has 0 aromatic heterocycles. The minimum Gasteiger partial charge on any atom is -0.504 e. The van der Waals surface area contributed by atoms with Crippen molar-refractivity contribution >= 4 is 0 Å². The summed E-state index contributed by atoms with van der Waals surface area (Å²) in [7, 11) is 0. The highest BCUT2D eigenvalue weighted by Gasteiger charge is 2.14. The minimum absolute atomic E-state index is 0.195. The molecule has 0 aliphatic rings. The first-order valence-corrected chi connectivity index (χ1v) is 4.37. The van der Waals surface area contributed by atoms with Crippen LogP contribution in [0.2, 0.25) is 0 Å². The van der Waals surface area contributed by atoms with Gasteiger partial charge < -0.3 is 9.84 Å². The zero-order chi connectivity index (χ0) is 10.1. The summed E-state index contributed by atoms with van der Waals surface area (Å²) in [5.74, 6) is 0.744. The molecule has 13 heavy (non-hydrogen) atoms. The quantitative estimate of drug-likeness (QED) is 0.720. The van der Waals surface area contributed by atoms with E-state index < -0.39 is 0 Å². The van der Waals surface area contributed by atoms with E-state index in [-0.39, 0.29) is 11.4 Å². The van der Waals surface area contributed by atoms with Gasteiger partial charge in [0.1, 0.15) is 5.60 Å². The van der Waals surface area contributed by atoms with Gasteiger partial charge in [-0.25, -0.2) is 0 Å². The van der Waals surface area contributed by atoms with Gasteiger partial charge in [-0.1, -0.05) is 6.07 Å². The summed E-state index contributed by atoms with van der Waals surface area (Å²) in [6.45, 7) is 7.83. The molecule has 0 atom stereocenters. The molecule has 1 aromatic rings. The average Bonchev–Trinajstić information content (AvgIpc) is 1.94. The van der Waals surface area contributed by atoms with E-state index >= 15 is 0 Å². The van der Waals surface area contributed by atoms with Gasteiger partial charge in [0.15, 0.2) is 11.5 Å². The van der Waals surface area contributed by atoms with Gasteiger partial charge in [0, 0.05) is 0 Å². The molecule has 0 radical (unpaired) electrons. The zero-order valence-corrected chi connectivity index (χ0v) is 8.59. The summed E-state index contributed by atoms with van der Waals surface area (Å²) >= 11 is 0. The molecule has 0 unspecified atom stereocenters. The predicted molar refractivity (Wildman–Crippen MR) is 53.2 cm³/mol. The van der Waals surface area contributed by atoms with Crippen molar-refractivity contribution in [1.29, 1.82) is 0 Å². The largest absolute Gasteiger partial charge is 0.504 e. The number of phenolic OH excluding ortho intramolecular Hbond substituents is 1. The van der Waals surface area contributed by atoms with E-state index in [1.54, 1.807) is 6.07 Å². The Morgan fingerprint density at radius 2 is 1.85 bits per heavy atom. The van der Waals surface area contributed by atoms with Gasteiger partial charge in [-0.3, -0.25) is 0 Å². The minimum atomic E-state index is -0.273. The van der Waals surface area contributed by atoms with Crippen LogP contribution in [-0.4, -0.2) is 10.7 Å². The Morgan fingerprint density at radius 3 is 2.38 bits per heavy atom. The number of aromatic hydroxyl groups is 1. The molecule has 72 valence electrons. The maximum atomic E-state index is 9.47. The second kappa shape index (κ2) is 3.29. The summed E-state index contributed by atoms with van der Waals surface area (Å²) in [6.07, 6.45) is 0. The van der Waals surface area contributed by atoms with Crippen molar-refractivity contribution in [2.75, 3.05) is 0 Å². The van der Waals surface area contributed by atoms with E-state index in [9.17, 15) is 5.11 Å². The molecule has 0 fully saturated rings. The van der Waals surface area contributed by atoms with E-state index in [4.69, 9.17) is 4.74 Å². The number of rotatable bonds is 1. The van der Waals surface area contributed by atoms with Gasteiger partial charge in [0.2, 0.25) is 0 Å². The lowest BCUT2D eigenvalue weighted by molar-refractivity contribution is 0.126. The summed E-state index contributed by atoms with van der Waals surface area (Å²) in [6, 6.07) is 5.34. The highest BCUT2D eigenvalue weighted by Crippen LogP contribution is 2.29. The molecule has 0 saturated heterocycles. The Bertz CT molecular complexity index is 297. The topological polar surface area (TPSA) is 29.5 Å². The van der Waals surface area contributed by atoms with Crippen molar-refractivity contribution < 1.29 is 9.84 Å². The van der Waals surface area contributed by atoms with Gasteiger partial charge in [-0.15, -0.1) is 0 Å². The number of hydrogen-bond donors (Lipinski definition) is 1. The highest BCUT2D eigenvalue weighted by molar-refractivity contribution is 5.41. The van der Waals surface area contributed by atoms with Crippen molar-refractivity contribution in [1.82, 2.24) is 0 Å². The number of hydrogen-bond acceptors (Lipinski definition) is 2. The molecular formula is C11H16O2. The molecule has 2 nitrogen and oxygen atoms in total. The fraction of sp³-hybridized carbons (Fsp3) is 0.455. The predicted octanol–water partition coefficient (Wildman–Crippen LogP) is 2.88. The summed E-state index contributed by atoms with van der Waals surface area (Å²) < 4.78 is 5.56. The standard InChI is InChI=1S/C11H16O2/c1-8-5-6-9(12)10(7-8)13-11(2,3)4/h5-7,12H,1-4H3. The Balaban J connectivity index is 2.94. The van der Waals surface area contributed by atoms with Crippen molar-refractivity contribution in [2.45, 2.75) is 33.3 Å². The van der Waals surface area contributed by atoms with Crippen LogP contribution < -0.4 is 4.74 Å². The normalized spacial score (nSPS) is 11.4. The number of ether oxygens (including phenoxy) is 1. The Morgan fingerprint density at radius 1 is 1.23 bits per heavy atom. The Kier molecular flexibility index (Phi) is 2.50. The third-order valence-corrected chi connectivity index (χ3v) is 1.53. The van der Waals surface area contributed by atoms with Gasteiger partial charge in [0.25, 0.3) is 0 Å². The van der Waals surface area contributed by atoms with Crippen LogP contribution in [0.25, 0.3) is 0 Å². The molecule has 1 aromatic carbocycles. The summed E-state index contributed by atoms with van der Waals surface area (Å²) in [4.78, 5) is 0. The second-order valence-corrected chi connectivity index (χ2v) is 4.19. The SMILES string of the molecule is Cc1ccc(O)c(OC(C)(C)C)c1. The third kappa shape index (κ3) is 2.98. The van der Waals surface area contributed by atoms with E-state index in [0.717, 1.165) is 5.56 Å². The molecule has 0 aliphatic heterocycles. The van der Waals surface area contributed by atoms with Crippen LogP contribution in [0.5, 0.6) is 11.5 Å². The van der Waals surface area contributed by atoms with Crippen LogP contribution >= 0.6 is 0 Å². The van der Waals surface area contributed by atoms with Crippen LogP contribution in [-0.2, 0) is 0 Å². The van der Waals surface area contributed by atoms with Crippen molar-refractivity contribution in [3.8, 4) is 11.5 Å². The van der Waals surface area contributed by atoms with Crippen molar-refractivity contribution in [3.05, 3.63) is 23.8 Å². The molecule has 1 rings (SSSR count). The van der Waals surface area contributed by atoms with Crippen LogP contribution in [0.1, 0.15) is 26.3 Å². The molecular weight excluding hydrogens is 164 g/mol. The van der Waals surface area contributed by atoms with Crippen molar-refractivity contribution in [3.63, 3.8) is 0 Å². The van der Waals surface area contributed by atoms with Gasteiger partial charge >= 0.3 is 0 Å². The van der Waals surface area contributed by atoms with E-state index in [0.29, 0.717) is 5.75 Å². The summed E-state index contributed by atoms with van der Waals surface area (Å²) in [5.41, 5.74) is 0.808. The molecule has 0 amide bonds. The fourth-order valence-electron chi connectivity index (χ4n) is 1.03. The maximum Gasteiger partial charge on any atom is 0.161 e. The maximum absolute atomic E-state index is 9.47. The molecule has 0 heterocycles. The Hall–Kier alpha value is -1.18. The highest BCUT2D eigenvalue weighted by atomic mass is 16.5. The lowest BCUT2D eigenvalue weighted by atomic mass is 10.1. The van der Waals surface area contributed by atoms with Gasteiger partial charge in [-0.05, 0) is 45.4 Å². The Labute approximate surface area is 79.2 Å². The second-order valence-electron chi connectivity index (χ2n) is 4.19.